The van der Waals surface area contributed by atoms with Gasteiger partial charge >= 0.3 is 0 Å². The van der Waals surface area contributed by atoms with Crippen molar-refractivity contribution < 1.29 is 0 Å². The van der Waals surface area contributed by atoms with Crippen molar-refractivity contribution in [3.05, 3.63) is 35.4 Å². The van der Waals surface area contributed by atoms with Gasteiger partial charge in [0.1, 0.15) is 0 Å². The fourth-order valence-corrected chi connectivity index (χ4v) is 1.37. The molecule has 13 heavy (non-hydrogen) atoms. The molecule has 1 rings (SSSR count). The van der Waals surface area contributed by atoms with E-state index in [0.717, 1.165) is 5.92 Å². The molecule has 0 amide bonds. The Labute approximate surface area is 82.0 Å². The summed E-state index contributed by atoms with van der Waals surface area (Å²) < 4.78 is 0. The van der Waals surface area contributed by atoms with Gasteiger partial charge in [-0.15, -0.1) is 0 Å². The first-order valence-corrected chi connectivity index (χ1v) is 5.28. The van der Waals surface area contributed by atoms with Crippen molar-refractivity contribution in [3.8, 4) is 0 Å². The Morgan fingerprint density at radius 2 is 1.77 bits per heavy atom. The first kappa shape index (κ1) is 10.3. The number of hydrogen-bond acceptors (Lipinski definition) is 0. The van der Waals surface area contributed by atoms with Crippen LogP contribution < -0.4 is 0 Å². The molecule has 0 radical (unpaired) electrons. The summed E-state index contributed by atoms with van der Waals surface area (Å²) in [6, 6.07) is 8.90. The summed E-state index contributed by atoms with van der Waals surface area (Å²) in [6.07, 6.45) is 3.85. The van der Waals surface area contributed by atoms with Gasteiger partial charge in [-0.3, -0.25) is 0 Å². The molecule has 0 fully saturated rings. The van der Waals surface area contributed by atoms with Gasteiger partial charge in [0.15, 0.2) is 0 Å². The monoisotopic (exact) mass is 176 g/mol. The quantitative estimate of drug-likeness (QED) is 0.651. The Hall–Kier alpha value is -0.780. The standard InChI is InChI=1S/C13H20/c1-4-11(2)5-8-13-9-6-12(3)7-10-13/h6-7,9-11H,4-5,8H2,1-3H3. The molecule has 0 aliphatic heterocycles. The number of hydrogen-bond donors (Lipinski definition) is 0. The second kappa shape index (κ2) is 5.06. The molecule has 0 bridgehead atoms. The molecule has 0 saturated carbocycles. The molecule has 0 aliphatic rings. The lowest BCUT2D eigenvalue weighted by molar-refractivity contribution is 0.516. The van der Waals surface area contributed by atoms with Gasteiger partial charge in [0, 0.05) is 0 Å². The summed E-state index contributed by atoms with van der Waals surface area (Å²) in [5.74, 6) is 0.862. The van der Waals surface area contributed by atoms with Crippen molar-refractivity contribution in [1.29, 1.82) is 0 Å². The van der Waals surface area contributed by atoms with E-state index in [-0.39, 0.29) is 0 Å². The third-order valence-electron chi connectivity index (χ3n) is 2.74. The molecule has 72 valence electrons. The van der Waals surface area contributed by atoms with Gasteiger partial charge in [0.05, 0.1) is 0 Å². The minimum absolute atomic E-state index is 0.862. The van der Waals surface area contributed by atoms with Crippen LogP contribution in [0.25, 0.3) is 0 Å². The van der Waals surface area contributed by atoms with E-state index in [1.807, 2.05) is 0 Å². The van der Waals surface area contributed by atoms with Crippen LogP contribution in [0.3, 0.4) is 0 Å². The number of rotatable bonds is 4. The molecular weight excluding hydrogens is 156 g/mol. The first-order chi connectivity index (χ1) is 6.22. The Kier molecular flexibility index (Phi) is 4.01. The highest BCUT2D eigenvalue weighted by atomic mass is 14.0. The second-order valence-electron chi connectivity index (χ2n) is 4.04. The van der Waals surface area contributed by atoms with Crippen molar-refractivity contribution in [3.63, 3.8) is 0 Å². The Bertz CT molecular complexity index is 233. The summed E-state index contributed by atoms with van der Waals surface area (Å²) >= 11 is 0. The third-order valence-corrected chi connectivity index (χ3v) is 2.74. The predicted molar refractivity (Wildman–Crippen MR) is 59.0 cm³/mol. The summed E-state index contributed by atoms with van der Waals surface area (Å²) in [7, 11) is 0. The van der Waals surface area contributed by atoms with Crippen molar-refractivity contribution >= 4 is 0 Å². The Morgan fingerprint density at radius 1 is 1.15 bits per heavy atom. The molecule has 0 nitrogen and oxygen atoms in total. The smallest absolute Gasteiger partial charge is 0.0276 e. The zero-order chi connectivity index (χ0) is 9.68. The third kappa shape index (κ3) is 3.63. The van der Waals surface area contributed by atoms with Crippen LogP contribution in [0.4, 0.5) is 0 Å². The highest BCUT2D eigenvalue weighted by Crippen LogP contribution is 2.12. The molecule has 0 heteroatoms. The normalized spacial score (nSPS) is 12.8. The van der Waals surface area contributed by atoms with E-state index in [1.165, 1.54) is 30.4 Å². The average molecular weight is 176 g/mol. The fraction of sp³-hybridized carbons (Fsp3) is 0.538. The lowest BCUT2D eigenvalue weighted by atomic mass is 9.99. The lowest BCUT2D eigenvalue weighted by Crippen LogP contribution is -1.95. The molecule has 0 heterocycles. The Morgan fingerprint density at radius 3 is 2.31 bits per heavy atom. The van der Waals surface area contributed by atoms with Gasteiger partial charge in [-0.1, -0.05) is 50.1 Å². The molecule has 0 aliphatic carbocycles. The van der Waals surface area contributed by atoms with Crippen LogP contribution in [0, 0.1) is 12.8 Å². The molecule has 1 unspecified atom stereocenters. The van der Waals surface area contributed by atoms with Gasteiger partial charge in [0.25, 0.3) is 0 Å². The molecular formula is C13H20. The van der Waals surface area contributed by atoms with Gasteiger partial charge in [-0.2, -0.15) is 0 Å². The summed E-state index contributed by atoms with van der Waals surface area (Å²) in [5, 5.41) is 0. The zero-order valence-electron chi connectivity index (χ0n) is 9.01. The summed E-state index contributed by atoms with van der Waals surface area (Å²) in [4.78, 5) is 0. The maximum Gasteiger partial charge on any atom is -0.0276 e. The molecule has 0 aromatic heterocycles. The van der Waals surface area contributed by atoms with Crippen molar-refractivity contribution in [2.45, 2.75) is 40.0 Å². The molecule has 1 aromatic carbocycles. The van der Waals surface area contributed by atoms with E-state index < -0.39 is 0 Å². The maximum absolute atomic E-state index is 2.33. The van der Waals surface area contributed by atoms with E-state index >= 15 is 0 Å². The average Bonchev–Trinajstić information content (AvgIpc) is 2.16. The van der Waals surface area contributed by atoms with Crippen molar-refractivity contribution in [2.24, 2.45) is 5.92 Å². The highest BCUT2D eigenvalue weighted by molar-refractivity contribution is 5.21. The minimum atomic E-state index is 0.862. The maximum atomic E-state index is 2.33. The second-order valence-corrected chi connectivity index (χ2v) is 4.04. The fourth-order valence-electron chi connectivity index (χ4n) is 1.37. The van der Waals surface area contributed by atoms with Gasteiger partial charge in [-0.25, -0.2) is 0 Å². The lowest BCUT2D eigenvalue weighted by Gasteiger charge is -2.07. The zero-order valence-corrected chi connectivity index (χ0v) is 9.01. The minimum Gasteiger partial charge on any atom is -0.0651 e. The van der Waals surface area contributed by atoms with Crippen LogP contribution in [0.2, 0.25) is 0 Å². The van der Waals surface area contributed by atoms with E-state index in [4.69, 9.17) is 0 Å². The first-order valence-electron chi connectivity index (χ1n) is 5.28. The van der Waals surface area contributed by atoms with E-state index in [0.29, 0.717) is 0 Å². The Balaban J connectivity index is 2.41. The van der Waals surface area contributed by atoms with Crippen LogP contribution in [-0.2, 0) is 6.42 Å². The molecule has 1 aromatic rings. The van der Waals surface area contributed by atoms with Crippen LogP contribution in [0.1, 0.15) is 37.8 Å². The molecule has 0 saturated heterocycles. The summed E-state index contributed by atoms with van der Waals surface area (Å²) in [6.45, 7) is 6.73. The van der Waals surface area contributed by atoms with Crippen LogP contribution in [0.15, 0.2) is 24.3 Å². The van der Waals surface area contributed by atoms with E-state index in [2.05, 4.69) is 45.0 Å². The topological polar surface area (TPSA) is 0 Å². The molecule has 1 atom stereocenters. The number of benzene rings is 1. The van der Waals surface area contributed by atoms with Crippen LogP contribution in [0.5, 0.6) is 0 Å². The van der Waals surface area contributed by atoms with Gasteiger partial charge < -0.3 is 0 Å². The van der Waals surface area contributed by atoms with E-state index in [9.17, 15) is 0 Å². The van der Waals surface area contributed by atoms with Crippen LogP contribution >= 0.6 is 0 Å². The van der Waals surface area contributed by atoms with Gasteiger partial charge in [-0.05, 0) is 31.2 Å². The molecule has 0 N–H and O–H groups in total. The highest BCUT2D eigenvalue weighted by Gasteiger charge is 1.99. The van der Waals surface area contributed by atoms with E-state index in [1.54, 1.807) is 0 Å². The van der Waals surface area contributed by atoms with Gasteiger partial charge in [0.2, 0.25) is 0 Å². The molecule has 0 spiro atoms. The summed E-state index contributed by atoms with van der Waals surface area (Å²) in [5.41, 5.74) is 2.83. The van der Waals surface area contributed by atoms with Crippen molar-refractivity contribution in [2.75, 3.05) is 0 Å². The largest absolute Gasteiger partial charge is 0.0651 e. The number of aryl methyl sites for hydroxylation is 2. The van der Waals surface area contributed by atoms with Crippen molar-refractivity contribution in [1.82, 2.24) is 0 Å². The predicted octanol–water partition coefficient (Wildman–Crippen LogP) is 3.97. The van der Waals surface area contributed by atoms with Crippen LogP contribution in [-0.4, -0.2) is 0 Å². The SMILES string of the molecule is CCC(C)CCc1ccc(C)cc1.